The molecule has 5 rings (SSSR count). The lowest BCUT2D eigenvalue weighted by Gasteiger charge is -2.16. The fraction of sp³-hybridized carbons (Fsp3) is 0.242. The monoisotopic (exact) mass is 630 g/mol. The van der Waals surface area contributed by atoms with Crippen LogP contribution in [0.2, 0.25) is 35.7 Å². The van der Waals surface area contributed by atoms with Crippen molar-refractivity contribution >= 4 is 48.3 Å². The number of hydrogen-bond acceptors (Lipinski definition) is 4. The summed E-state index contributed by atoms with van der Waals surface area (Å²) in [6.07, 6.45) is 1.97. The number of aromatic nitrogens is 4. The van der Waals surface area contributed by atoms with E-state index in [0.29, 0.717) is 47.1 Å². The molecule has 7 nitrogen and oxygen atoms in total. The number of rotatable bonds is 9. The number of benzene rings is 3. The Morgan fingerprint density at radius 3 is 2.44 bits per heavy atom. The number of carbonyl (C=O) groups is 1. The molecule has 0 aliphatic carbocycles. The largest absolute Gasteiger partial charge is 0.478 e. The second-order valence-electron chi connectivity index (χ2n) is 11.4. The molecule has 0 fully saturated rings. The van der Waals surface area contributed by atoms with E-state index in [1.54, 1.807) is 36.4 Å². The molecule has 0 aliphatic rings. The van der Waals surface area contributed by atoms with Crippen LogP contribution < -0.4 is 0 Å². The molecule has 0 bridgehead atoms. The highest BCUT2D eigenvalue weighted by atomic mass is 35.5. The Bertz CT molecular complexity index is 1880. The van der Waals surface area contributed by atoms with E-state index in [1.165, 1.54) is 0 Å². The zero-order valence-electron chi connectivity index (χ0n) is 24.5. The number of halogens is 2. The van der Waals surface area contributed by atoms with Gasteiger partial charge in [0.05, 0.1) is 27.3 Å². The molecule has 0 radical (unpaired) electrons. The van der Waals surface area contributed by atoms with Crippen LogP contribution in [-0.2, 0) is 18.0 Å². The number of ether oxygens (including phenoxy) is 1. The highest BCUT2D eigenvalue weighted by Crippen LogP contribution is 2.33. The Balaban J connectivity index is 1.58. The van der Waals surface area contributed by atoms with Gasteiger partial charge in [-0.2, -0.15) is 0 Å². The standard InChI is InChI=1S/C33H32Cl2N4O3Si/c1-5-38-20-29(26-13-12-25(34)19-27(26)35)37-31(38)32-36-28-14-11-23(10-9-22-7-6-8-24(17-22)33(40)41)18-30(28)39(32)21-42-15-16-43(2,3)4/h6-8,11-14,17-20H,5,15-16,21H2,1-4H3,(H,40,41). The zero-order chi connectivity index (χ0) is 30.7. The second-order valence-corrected chi connectivity index (χ2v) is 17.9. The van der Waals surface area contributed by atoms with Gasteiger partial charge >= 0.3 is 5.97 Å². The molecule has 2 heterocycles. The molecule has 2 aromatic heterocycles. The van der Waals surface area contributed by atoms with Crippen molar-refractivity contribution in [3.63, 3.8) is 0 Å². The molecular weight excluding hydrogens is 599 g/mol. The summed E-state index contributed by atoms with van der Waals surface area (Å²) in [6, 6.07) is 18.9. The molecule has 220 valence electrons. The number of fused-ring (bicyclic) bond motifs is 1. The second kappa shape index (κ2) is 12.8. The van der Waals surface area contributed by atoms with E-state index in [1.807, 2.05) is 35.0 Å². The molecule has 0 saturated heterocycles. The first-order chi connectivity index (χ1) is 20.5. The summed E-state index contributed by atoms with van der Waals surface area (Å²) in [5.74, 6) is 6.66. The molecule has 10 heteroatoms. The Morgan fingerprint density at radius 1 is 0.977 bits per heavy atom. The Labute approximate surface area is 262 Å². The van der Waals surface area contributed by atoms with Gasteiger partial charge in [0.15, 0.2) is 11.6 Å². The van der Waals surface area contributed by atoms with E-state index in [9.17, 15) is 9.90 Å². The van der Waals surface area contributed by atoms with Crippen LogP contribution in [0.5, 0.6) is 0 Å². The molecule has 1 N–H and O–H groups in total. The van der Waals surface area contributed by atoms with Gasteiger partial charge in [0.1, 0.15) is 6.73 Å². The van der Waals surface area contributed by atoms with Gasteiger partial charge < -0.3 is 14.4 Å². The van der Waals surface area contributed by atoms with E-state index in [0.717, 1.165) is 33.9 Å². The van der Waals surface area contributed by atoms with Gasteiger partial charge in [-0.05, 0) is 67.6 Å². The predicted octanol–water partition coefficient (Wildman–Crippen LogP) is 8.30. The van der Waals surface area contributed by atoms with Crippen LogP contribution in [0.1, 0.15) is 28.4 Å². The average molecular weight is 632 g/mol. The maximum atomic E-state index is 11.4. The van der Waals surface area contributed by atoms with Crippen LogP contribution in [0, 0.1) is 11.8 Å². The van der Waals surface area contributed by atoms with E-state index in [4.69, 9.17) is 37.9 Å². The SMILES string of the molecule is CCn1cc(-c2ccc(Cl)cc2Cl)nc1-c1nc2ccc(C#Cc3cccc(C(=O)O)c3)cc2n1COCC[Si](C)(C)C. The first-order valence-corrected chi connectivity index (χ1v) is 18.4. The maximum absolute atomic E-state index is 11.4. The summed E-state index contributed by atoms with van der Waals surface area (Å²) < 4.78 is 10.3. The van der Waals surface area contributed by atoms with Crippen molar-refractivity contribution in [2.24, 2.45) is 0 Å². The molecule has 0 spiro atoms. The molecule has 3 aromatic carbocycles. The lowest BCUT2D eigenvalue weighted by molar-refractivity contribution is 0.0696. The molecule has 5 aromatic rings. The smallest absolute Gasteiger partial charge is 0.335 e. The van der Waals surface area contributed by atoms with Gasteiger partial charge in [-0.15, -0.1) is 0 Å². The van der Waals surface area contributed by atoms with Gasteiger partial charge in [-0.25, -0.2) is 14.8 Å². The number of carboxylic acids is 1. The van der Waals surface area contributed by atoms with Crippen molar-refractivity contribution in [1.29, 1.82) is 0 Å². The first kappa shape index (κ1) is 30.6. The summed E-state index contributed by atoms with van der Waals surface area (Å²) in [7, 11) is -1.28. The Kier molecular flexibility index (Phi) is 9.09. The van der Waals surface area contributed by atoms with E-state index in [2.05, 4.69) is 43.0 Å². The van der Waals surface area contributed by atoms with E-state index >= 15 is 0 Å². The van der Waals surface area contributed by atoms with Crippen molar-refractivity contribution in [3.8, 4) is 34.7 Å². The van der Waals surface area contributed by atoms with Crippen molar-refractivity contribution in [1.82, 2.24) is 19.1 Å². The van der Waals surface area contributed by atoms with Crippen molar-refractivity contribution in [2.45, 2.75) is 45.9 Å². The molecule has 43 heavy (non-hydrogen) atoms. The third kappa shape index (κ3) is 7.20. The molecule has 0 atom stereocenters. The first-order valence-electron chi connectivity index (χ1n) is 14.0. The van der Waals surface area contributed by atoms with Crippen LogP contribution in [0.4, 0.5) is 0 Å². The number of imidazole rings is 2. The average Bonchev–Trinajstić information content (AvgIpc) is 3.55. The lowest BCUT2D eigenvalue weighted by atomic mass is 10.1. The summed E-state index contributed by atoms with van der Waals surface area (Å²) >= 11 is 12.7. The van der Waals surface area contributed by atoms with Crippen LogP contribution in [0.15, 0.2) is 66.9 Å². The number of hydrogen-bond donors (Lipinski definition) is 1. The zero-order valence-corrected chi connectivity index (χ0v) is 27.0. The maximum Gasteiger partial charge on any atom is 0.335 e. The van der Waals surface area contributed by atoms with E-state index < -0.39 is 14.0 Å². The van der Waals surface area contributed by atoms with Crippen LogP contribution >= 0.6 is 23.2 Å². The predicted molar refractivity (Wildman–Crippen MR) is 176 cm³/mol. The summed E-state index contributed by atoms with van der Waals surface area (Å²) in [6.45, 7) is 10.7. The van der Waals surface area contributed by atoms with E-state index in [-0.39, 0.29) is 5.56 Å². The highest BCUT2D eigenvalue weighted by Gasteiger charge is 2.21. The molecule has 0 unspecified atom stereocenters. The molecular formula is C33H32Cl2N4O3Si. The van der Waals surface area contributed by atoms with Gasteiger partial charge in [-0.1, -0.05) is 60.8 Å². The molecule has 0 aliphatic heterocycles. The molecule has 0 amide bonds. The highest BCUT2D eigenvalue weighted by molar-refractivity contribution is 6.76. The Morgan fingerprint density at radius 2 is 1.74 bits per heavy atom. The quantitative estimate of drug-likeness (QED) is 0.101. The summed E-state index contributed by atoms with van der Waals surface area (Å²) in [5, 5.41) is 10.4. The van der Waals surface area contributed by atoms with Crippen molar-refractivity contribution < 1.29 is 14.6 Å². The number of carboxylic acid groups (broad SMARTS) is 1. The van der Waals surface area contributed by atoms with Crippen molar-refractivity contribution in [2.75, 3.05) is 6.61 Å². The fourth-order valence-electron chi connectivity index (χ4n) is 4.57. The number of nitrogens with zero attached hydrogens (tertiary/aromatic N) is 4. The van der Waals surface area contributed by atoms with Gasteiger partial charge in [0, 0.05) is 49.1 Å². The molecule has 0 saturated carbocycles. The topological polar surface area (TPSA) is 82.2 Å². The minimum atomic E-state index is -1.28. The fourth-order valence-corrected chi connectivity index (χ4v) is 5.83. The third-order valence-corrected chi connectivity index (χ3v) is 9.20. The van der Waals surface area contributed by atoms with Gasteiger partial charge in [0.2, 0.25) is 0 Å². The summed E-state index contributed by atoms with van der Waals surface area (Å²) in [5.41, 5.74) is 4.78. The van der Waals surface area contributed by atoms with Crippen molar-refractivity contribution in [3.05, 3.63) is 93.6 Å². The normalized spacial score (nSPS) is 11.5. The minimum Gasteiger partial charge on any atom is -0.478 e. The third-order valence-electron chi connectivity index (χ3n) is 6.95. The van der Waals surface area contributed by atoms with Crippen LogP contribution in [0.25, 0.3) is 33.9 Å². The van der Waals surface area contributed by atoms with Gasteiger partial charge in [0.25, 0.3) is 0 Å². The summed E-state index contributed by atoms with van der Waals surface area (Å²) in [4.78, 5) is 21.3. The van der Waals surface area contributed by atoms with Crippen LogP contribution in [0.3, 0.4) is 0 Å². The van der Waals surface area contributed by atoms with Gasteiger partial charge in [-0.3, -0.25) is 4.57 Å². The number of aromatic carboxylic acids is 1. The Hall–Kier alpha value is -3.87. The minimum absolute atomic E-state index is 0.200. The lowest BCUT2D eigenvalue weighted by Crippen LogP contribution is -2.22. The van der Waals surface area contributed by atoms with Crippen LogP contribution in [-0.4, -0.2) is 44.9 Å². The number of aryl methyl sites for hydroxylation is 1.